The van der Waals surface area contributed by atoms with Gasteiger partial charge in [-0.2, -0.15) is 0 Å². The molecule has 1 N–H and O–H groups in total. The van der Waals surface area contributed by atoms with Gasteiger partial charge in [0.1, 0.15) is 0 Å². The molecule has 182 valence electrons. The van der Waals surface area contributed by atoms with Crippen LogP contribution in [0.3, 0.4) is 0 Å². The van der Waals surface area contributed by atoms with Crippen LogP contribution >= 0.6 is 0 Å². The van der Waals surface area contributed by atoms with E-state index in [0.29, 0.717) is 4.22 Å². The molecule has 0 aromatic heterocycles. The zero-order valence-corrected chi connectivity index (χ0v) is 22.2. The van der Waals surface area contributed by atoms with Gasteiger partial charge in [0.2, 0.25) is 0 Å². The SMILES string of the molecule is C=C(C(=C)c1ccccc1)c1ccccc1.[CH3][Ti]([CH3])([NH]c1ccccc1)[CH]1C=Cc2ccccc21.[SiH4]. The van der Waals surface area contributed by atoms with Gasteiger partial charge in [-0.15, -0.1) is 0 Å². The van der Waals surface area contributed by atoms with E-state index >= 15 is 0 Å². The van der Waals surface area contributed by atoms with Gasteiger partial charge in [0.05, 0.1) is 0 Å². The normalized spacial score (nSPS) is 13.4. The Balaban J connectivity index is 0.000000198. The predicted octanol–water partition coefficient (Wildman–Crippen LogP) is 7.99. The van der Waals surface area contributed by atoms with Crippen molar-refractivity contribution in [1.82, 2.24) is 0 Å². The number of para-hydroxylation sites is 1. The molecule has 0 radical (unpaired) electrons. The third-order valence-corrected chi connectivity index (χ3v) is 11.1. The van der Waals surface area contributed by atoms with Gasteiger partial charge < -0.3 is 0 Å². The van der Waals surface area contributed by atoms with Crippen molar-refractivity contribution in [1.29, 1.82) is 0 Å². The molecule has 0 saturated heterocycles. The van der Waals surface area contributed by atoms with E-state index in [1.165, 1.54) is 16.8 Å². The molecular formula is C33H37NSiTi. The first kappa shape index (κ1) is 27.4. The number of allylic oxidation sites excluding steroid dienone is 3. The van der Waals surface area contributed by atoms with Crippen LogP contribution in [0.1, 0.15) is 26.5 Å². The maximum Gasteiger partial charge on any atom is -0.0149 e. The molecule has 1 aliphatic rings. The fraction of sp³-hybridized carbons (Fsp3) is 0.0909. The first-order valence-electron chi connectivity index (χ1n) is 12.0. The standard InChI is InChI=1S/C16H14.C9H7.C6H6N.2CH3.H4Si.Ti/c1-13(15-9-5-3-6-10-15)14(2)16-11-7-4-8-12-16;1-2-5-9-7-3-6-8(9)4-1;7-6-4-2-1-3-5-6;;;;/h3-12H,1-2H2;1-7H;1-5,7H;2*1H3;1H4;/q;;-1;;;;+1. The average molecular weight is 524 g/mol. The van der Waals surface area contributed by atoms with Crippen molar-refractivity contribution in [2.75, 3.05) is 3.80 Å². The molecule has 4 aromatic carbocycles. The number of hydrogen-bond donors (Lipinski definition) is 1. The van der Waals surface area contributed by atoms with Gasteiger partial charge in [-0.05, 0) is 33.2 Å². The van der Waals surface area contributed by atoms with Gasteiger partial charge in [-0.3, -0.25) is 0 Å². The maximum atomic E-state index is 4.10. The van der Waals surface area contributed by atoms with Gasteiger partial charge in [0.15, 0.2) is 0 Å². The molecule has 0 bridgehead atoms. The van der Waals surface area contributed by atoms with Crippen LogP contribution in [0.5, 0.6) is 0 Å². The third-order valence-electron chi connectivity index (χ3n) is 6.43. The minimum absolute atomic E-state index is 0. The van der Waals surface area contributed by atoms with Gasteiger partial charge in [-0.25, -0.2) is 0 Å². The molecule has 4 aromatic rings. The molecule has 1 atom stereocenters. The Labute approximate surface area is 225 Å². The van der Waals surface area contributed by atoms with Crippen LogP contribution in [0, 0.1) is 0 Å². The van der Waals surface area contributed by atoms with E-state index in [4.69, 9.17) is 0 Å². The summed E-state index contributed by atoms with van der Waals surface area (Å²) >= 11 is -2.16. The molecule has 5 rings (SSSR count). The summed E-state index contributed by atoms with van der Waals surface area (Å²) in [6.07, 6.45) is 4.67. The van der Waals surface area contributed by atoms with Crippen molar-refractivity contribution in [3.63, 3.8) is 0 Å². The molecule has 1 aliphatic carbocycles. The molecule has 0 fully saturated rings. The number of rotatable bonds is 6. The van der Waals surface area contributed by atoms with Crippen LogP contribution in [0.2, 0.25) is 10.5 Å². The van der Waals surface area contributed by atoms with Gasteiger partial charge >= 0.3 is 119 Å². The Morgan fingerprint density at radius 3 is 1.61 bits per heavy atom. The van der Waals surface area contributed by atoms with E-state index in [9.17, 15) is 0 Å². The first-order valence-corrected chi connectivity index (χ1v) is 16.9. The summed E-state index contributed by atoms with van der Waals surface area (Å²) in [5.41, 5.74) is 8.34. The Hall–Kier alpha value is -3.17. The maximum absolute atomic E-state index is 4.10. The van der Waals surface area contributed by atoms with Crippen molar-refractivity contribution < 1.29 is 16.8 Å². The minimum atomic E-state index is -2.16. The van der Waals surface area contributed by atoms with Crippen LogP contribution in [0.4, 0.5) is 5.69 Å². The molecule has 36 heavy (non-hydrogen) atoms. The quantitative estimate of drug-likeness (QED) is 0.200. The van der Waals surface area contributed by atoms with Crippen molar-refractivity contribution in [3.8, 4) is 0 Å². The summed E-state index contributed by atoms with van der Waals surface area (Å²) in [4.78, 5) is 0. The average Bonchev–Trinajstić information content (AvgIpc) is 3.35. The summed E-state index contributed by atoms with van der Waals surface area (Å²) in [6.45, 7) is 8.20. The third kappa shape index (κ3) is 6.73. The van der Waals surface area contributed by atoms with Gasteiger partial charge in [-0.1, -0.05) is 73.8 Å². The first-order chi connectivity index (χ1) is 17.0. The molecule has 1 nitrogen and oxygen atoms in total. The van der Waals surface area contributed by atoms with Gasteiger partial charge in [0, 0.05) is 0 Å². The minimum Gasteiger partial charge on any atom is -0.0149 e. The molecule has 0 spiro atoms. The molecule has 0 saturated carbocycles. The molecule has 0 amide bonds. The summed E-state index contributed by atoms with van der Waals surface area (Å²) in [7, 11) is 0. The smallest absolute Gasteiger partial charge is 0.0149 e. The van der Waals surface area contributed by atoms with Crippen molar-refractivity contribution in [2.24, 2.45) is 0 Å². The van der Waals surface area contributed by atoms with Crippen LogP contribution in [-0.4, -0.2) is 11.0 Å². The zero-order chi connectivity index (χ0) is 24.7. The van der Waals surface area contributed by atoms with E-state index in [2.05, 4.69) is 118 Å². The fourth-order valence-corrected chi connectivity index (χ4v) is 8.67. The zero-order valence-electron chi connectivity index (χ0n) is 20.6. The van der Waals surface area contributed by atoms with E-state index in [1.807, 2.05) is 36.4 Å². The largest absolute Gasteiger partial charge is 0.0149 e. The molecule has 1 unspecified atom stereocenters. The number of nitrogens with one attached hydrogen (secondary N) is 1. The van der Waals surface area contributed by atoms with E-state index < -0.39 is 16.8 Å². The summed E-state index contributed by atoms with van der Waals surface area (Å²) in [6, 6.07) is 39.6. The second-order valence-corrected chi connectivity index (χ2v) is 16.1. The molecule has 3 heteroatoms. The predicted molar refractivity (Wildman–Crippen MR) is 162 cm³/mol. The number of anilines is 1. The van der Waals surface area contributed by atoms with E-state index in [0.717, 1.165) is 22.3 Å². The van der Waals surface area contributed by atoms with Crippen LogP contribution < -0.4 is 3.80 Å². The summed E-state index contributed by atoms with van der Waals surface area (Å²) in [5.74, 6) is 0. The van der Waals surface area contributed by atoms with Crippen molar-refractivity contribution in [3.05, 3.63) is 157 Å². The number of benzene rings is 4. The van der Waals surface area contributed by atoms with Crippen LogP contribution in [0.15, 0.2) is 134 Å². The summed E-state index contributed by atoms with van der Waals surface area (Å²) < 4.78 is 4.43. The number of fused-ring (bicyclic) bond motifs is 1. The Morgan fingerprint density at radius 1 is 0.639 bits per heavy atom. The van der Waals surface area contributed by atoms with Crippen molar-refractivity contribution >= 4 is 33.9 Å². The van der Waals surface area contributed by atoms with Gasteiger partial charge in [0.25, 0.3) is 0 Å². The molecule has 0 aliphatic heterocycles. The second-order valence-electron chi connectivity index (χ2n) is 9.37. The van der Waals surface area contributed by atoms with Crippen LogP contribution in [0.25, 0.3) is 17.2 Å². The van der Waals surface area contributed by atoms with E-state index in [1.54, 1.807) is 0 Å². The van der Waals surface area contributed by atoms with E-state index in [-0.39, 0.29) is 11.0 Å². The summed E-state index contributed by atoms with van der Waals surface area (Å²) in [5, 5.41) is 4.90. The Kier molecular flexibility index (Phi) is 9.66. The monoisotopic (exact) mass is 523 g/mol. The number of hydrogen-bond acceptors (Lipinski definition) is 1. The molecular weight excluding hydrogens is 486 g/mol. The molecule has 0 heterocycles. The topological polar surface area (TPSA) is 12.0 Å². The Bertz CT molecular complexity index is 1260. The van der Waals surface area contributed by atoms with Crippen LogP contribution in [-0.2, 0) is 16.8 Å². The fourth-order valence-electron chi connectivity index (χ4n) is 4.48. The Morgan fingerprint density at radius 2 is 1.08 bits per heavy atom. The second kappa shape index (κ2) is 12.7. The van der Waals surface area contributed by atoms with Crippen molar-refractivity contribution in [2.45, 2.75) is 14.7 Å².